The van der Waals surface area contributed by atoms with E-state index in [-0.39, 0.29) is 17.6 Å². The molecular weight excluding hydrogens is 348 g/mol. The molecule has 3 rings (SSSR count). The van der Waals surface area contributed by atoms with E-state index in [9.17, 15) is 9.59 Å². The molecule has 0 unspecified atom stereocenters. The fourth-order valence-corrected chi connectivity index (χ4v) is 3.77. The Hall–Kier alpha value is -2.60. The van der Waals surface area contributed by atoms with Crippen molar-refractivity contribution in [2.24, 2.45) is 0 Å². The van der Waals surface area contributed by atoms with Crippen molar-refractivity contribution in [3.63, 3.8) is 0 Å². The van der Waals surface area contributed by atoms with Crippen LogP contribution in [0.4, 0.5) is 0 Å². The van der Waals surface area contributed by atoms with Crippen molar-refractivity contribution in [1.82, 2.24) is 9.55 Å². The van der Waals surface area contributed by atoms with E-state index in [2.05, 4.69) is 4.98 Å². The van der Waals surface area contributed by atoms with E-state index in [1.165, 1.54) is 18.9 Å². The third-order valence-electron chi connectivity index (χ3n) is 4.03. The van der Waals surface area contributed by atoms with Crippen LogP contribution in [-0.4, -0.2) is 22.6 Å². The van der Waals surface area contributed by atoms with Gasteiger partial charge in [-0.2, -0.15) is 0 Å². The molecule has 0 radical (unpaired) electrons. The number of hydrogen-bond acceptors (Lipinski definition) is 5. The van der Waals surface area contributed by atoms with Crippen LogP contribution in [0.5, 0.6) is 0 Å². The number of esters is 1. The van der Waals surface area contributed by atoms with E-state index < -0.39 is 0 Å². The summed E-state index contributed by atoms with van der Waals surface area (Å²) in [5.41, 5.74) is 2.25. The minimum Gasteiger partial charge on any atom is -0.465 e. The van der Waals surface area contributed by atoms with Gasteiger partial charge in [-0.1, -0.05) is 36.0 Å². The van der Waals surface area contributed by atoms with Crippen LogP contribution in [0.25, 0.3) is 10.9 Å². The summed E-state index contributed by atoms with van der Waals surface area (Å²) in [6, 6.07) is 14.7. The lowest BCUT2D eigenvalue weighted by atomic mass is 10.1. The average Bonchev–Trinajstić information content (AvgIpc) is 2.66. The zero-order chi connectivity index (χ0) is 18.7. The molecule has 3 aromatic rings. The Morgan fingerprint density at radius 2 is 1.85 bits per heavy atom. The summed E-state index contributed by atoms with van der Waals surface area (Å²) in [5.74, 6) is 0.299. The SMILES string of the molecule is COC(=O)c1ccc(CSc2nc3ccccc3c(=O)n2C(C)C)cc1. The minimum atomic E-state index is -0.353. The highest BCUT2D eigenvalue weighted by Gasteiger charge is 2.14. The fraction of sp³-hybridized carbons (Fsp3) is 0.250. The average molecular weight is 368 g/mol. The molecule has 6 heteroatoms. The van der Waals surface area contributed by atoms with E-state index in [0.717, 1.165) is 5.56 Å². The molecule has 0 fully saturated rings. The van der Waals surface area contributed by atoms with E-state index >= 15 is 0 Å². The Balaban J connectivity index is 1.90. The van der Waals surface area contributed by atoms with Crippen molar-refractivity contribution in [3.8, 4) is 0 Å². The number of rotatable bonds is 5. The first-order chi connectivity index (χ1) is 12.5. The zero-order valence-electron chi connectivity index (χ0n) is 14.9. The number of aromatic nitrogens is 2. The van der Waals surface area contributed by atoms with Crippen LogP contribution in [0, 0.1) is 0 Å². The normalized spacial score (nSPS) is 11.1. The van der Waals surface area contributed by atoms with E-state index in [1.807, 2.05) is 50.2 Å². The Morgan fingerprint density at radius 1 is 1.15 bits per heavy atom. The number of para-hydroxylation sites is 1. The number of thioether (sulfide) groups is 1. The summed E-state index contributed by atoms with van der Waals surface area (Å²) >= 11 is 1.51. The van der Waals surface area contributed by atoms with E-state index in [1.54, 1.807) is 16.7 Å². The molecule has 0 bridgehead atoms. The van der Waals surface area contributed by atoms with Gasteiger partial charge in [0.15, 0.2) is 5.16 Å². The molecule has 0 spiro atoms. The standard InChI is InChI=1S/C20H20N2O3S/c1-13(2)22-18(23)16-6-4-5-7-17(16)21-20(22)26-12-14-8-10-15(11-9-14)19(24)25-3/h4-11,13H,12H2,1-3H3. The maximum absolute atomic E-state index is 12.8. The highest BCUT2D eigenvalue weighted by molar-refractivity contribution is 7.98. The summed E-state index contributed by atoms with van der Waals surface area (Å²) in [7, 11) is 1.36. The predicted octanol–water partition coefficient (Wildman–Crippen LogP) is 4.06. The van der Waals surface area contributed by atoms with E-state index in [4.69, 9.17) is 4.74 Å². The summed E-state index contributed by atoms with van der Waals surface area (Å²) in [4.78, 5) is 29.0. The number of nitrogens with zero attached hydrogens (tertiary/aromatic N) is 2. The van der Waals surface area contributed by atoms with Crippen molar-refractivity contribution >= 4 is 28.6 Å². The van der Waals surface area contributed by atoms with Crippen LogP contribution in [0.1, 0.15) is 35.8 Å². The molecular formula is C20H20N2O3S. The molecule has 0 saturated heterocycles. The monoisotopic (exact) mass is 368 g/mol. The van der Waals surface area contributed by atoms with Crippen molar-refractivity contribution < 1.29 is 9.53 Å². The van der Waals surface area contributed by atoms with Gasteiger partial charge in [-0.25, -0.2) is 9.78 Å². The molecule has 0 saturated carbocycles. The number of carbonyl (C=O) groups is 1. The smallest absolute Gasteiger partial charge is 0.337 e. The molecule has 0 N–H and O–H groups in total. The van der Waals surface area contributed by atoms with Gasteiger partial charge in [-0.05, 0) is 43.7 Å². The quantitative estimate of drug-likeness (QED) is 0.386. The molecule has 134 valence electrons. The Morgan fingerprint density at radius 3 is 2.50 bits per heavy atom. The first kappa shape index (κ1) is 18.2. The molecule has 5 nitrogen and oxygen atoms in total. The lowest BCUT2D eigenvalue weighted by Crippen LogP contribution is -2.25. The Bertz CT molecular complexity index is 994. The van der Waals surface area contributed by atoms with Gasteiger partial charge < -0.3 is 4.74 Å². The number of fused-ring (bicyclic) bond motifs is 1. The maximum Gasteiger partial charge on any atom is 0.337 e. The topological polar surface area (TPSA) is 61.2 Å². The number of ether oxygens (including phenoxy) is 1. The zero-order valence-corrected chi connectivity index (χ0v) is 15.7. The summed E-state index contributed by atoms with van der Waals surface area (Å²) in [6.07, 6.45) is 0. The first-order valence-electron chi connectivity index (χ1n) is 8.32. The molecule has 0 atom stereocenters. The van der Waals surface area contributed by atoms with Gasteiger partial charge in [0.25, 0.3) is 5.56 Å². The minimum absolute atomic E-state index is 0.0174. The van der Waals surface area contributed by atoms with Gasteiger partial charge in [0.1, 0.15) is 0 Å². The summed E-state index contributed by atoms with van der Waals surface area (Å²) in [5, 5.41) is 1.33. The molecule has 2 aromatic carbocycles. The number of carbonyl (C=O) groups excluding carboxylic acids is 1. The number of hydrogen-bond donors (Lipinski definition) is 0. The van der Waals surface area contributed by atoms with Crippen LogP contribution in [0.15, 0.2) is 58.5 Å². The molecule has 0 aliphatic heterocycles. The third-order valence-corrected chi connectivity index (χ3v) is 5.06. The second-order valence-electron chi connectivity index (χ2n) is 6.16. The van der Waals surface area contributed by atoms with Gasteiger partial charge in [-0.3, -0.25) is 9.36 Å². The van der Waals surface area contributed by atoms with Crippen LogP contribution in [0.2, 0.25) is 0 Å². The second-order valence-corrected chi connectivity index (χ2v) is 7.10. The van der Waals surface area contributed by atoms with Gasteiger partial charge in [0.05, 0.1) is 23.6 Å². The highest BCUT2D eigenvalue weighted by atomic mass is 32.2. The van der Waals surface area contributed by atoms with Crippen molar-refractivity contribution in [2.45, 2.75) is 30.8 Å². The lowest BCUT2D eigenvalue weighted by Gasteiger charge is -2.16. The summed E-state index contributed by atoms with van der Waals surface area (Å²) in [6.45, 7) is 3.96. The predicted molar refractivity (Wildman–Crippen MR) is 104 cm³/mol. The summed E-state index contributed by atoms with van der Waals surface area (Å²) < 4.78 is 6.44. The first-order valence-corrected chi connectivity index (χ1v) is 9.31. The van der Waals surface area contributed by atoms with Crippen molar-refractivity contribution in [2.75, 3.05) is 7.11 Å². The van der Waals surface area contributed by atoms with Gasteiger partial charge in [0, 0.05) is 11.8 Å². The highest BCUT2D eigenvalue weighted by Crippen LogP contribution is 2.24. The van der Waals surface area contributed by atoms with Gasteiger partial charge in [-0.15, -0.1) is 0 Å². The van der Waals surface area contributed by atoms with Crippen LogP contribution < -0.4 is 5.56 Å². The molecule has 26 heavy (non-hydrogen) atoms. The Labute approximate surface area is 156 Å². The van der Waals surface area contributed by atoms with Crippen LogP contribution >= 0.6 is 11.8 Å². The van der Waals surface area contributed by atoms with Crippen molar-refractivity contribution in [3.05, 3.63) is 70.0 Å². The fourth-order valence-electron chi connectivity index (χ4n) is 2.69. The molecule has 0 amide bonds. The van der Waals surface area contributed by atoms with Gasteiger partial charge in [0.2, 0.25) is 0 Å². The van der Waals surface area contributed by atoms with E-state index in [0.29, 0.717) is 27.4 Å². The molecule has 1 heterocycles. The van der Waals surface area contributed by atoms with Crippen molar-refractivity contribution in [1.29, 1.82) is 0 Å². The van der Waals surface area contributed by atoms with Crippen LogP contribution in [0.3, 0.4) is 0 Å². The number of benzene rings is 2. The largest absolute Gasteiger partial charge is 0.465 e. The number of methoxy groups -OCH3 is 1. The molecule has 1 aromatic heterocycles. The van der Waals surface area contributed by atoms with Gasteiger partial charge >= 0.3 is 5.97 Å². The molecule has 0 aliphatic carbocycles. The Kier molecular flexibility index (Phi) is 5.42. The van der Waals surface area contributed by atoms with Crippen LogP contribution in [-0.2, 0) is 10.5 Å². The lowest BCUT2D eigenvalue weighted by molar-refractivity contribution is 0.0600. The maximum atomic E-state index is 12.8. The third kappa shape index (κ3) is 3.65. The second kappa shape index (κ2) is 7.74. The molecule has 0 aliphatic rings.